The van der Waals surface area contributed by atoms with Crippen molar-refractivity contribution in [2.45, 2.75) is 154 Å². The van der Waals surface area contributed by atoms with Crippen LogP contribution in [-0.2, 0) is 50.7 Å². The van der Waals surface area contributed by atoms with Crippen molar-refractivity contribution in [2.24, 2.45) is 5.41 Å². The lowest BCUT2D eigenvalue weighted by atomic mass is 9.87. The molecule has 2 amide bonds. The summed E-state index contributed by atoms with van der Waals surface area (Å²) in [7, 11) is -16.4. The van der Waals surface area contributed by atoms with Crippen molar-refractivity contribution in [2.75, 3.05) is 37.8 Å². The molecule has 2 aromatic heterocycles. The van der Waals surface area contributed by atoms with Crippen molar-refractivity contribution in [3.8, 4) is 0 Å². The summed E-state index contributed by atoms with van der Waals surface area (Å²) in [5.74, 6) is -1.02. The highest BCUT2D eigenvalue weighted by Crippen LogP contribution is 2.61. The number of aliphatic hydroxyl groups is 2. The zero-order valence-electron chi connectivity index (χ0n) is 37.7. The number of carbonyl (C=O) groups is 3. The normalized spacial score (nSPS) is 20.2. The third-order valence-corrected chi connectivity index (χ3v) is 14.5. The van der Waals surface area contributed by atoms with Gasteiger partial charge in [-0.3, -0.25) is 32.5 Å². The van der Waals surface area contributed by atoms with Gasteiger partial charge in [-0.25, -0.2) is 28.6 Å². The second-order valence-electron chi connectivity index (χ2n) is 16.6. The van der Waals surface area contributed by atoms with Gasteiger partial charge in [0, 0.05) is 37.1 Å². The number of aromatic nitrogens is 4. The molecular weight excluding hydrogens is 951 g/mol. The number of nitrogens with two attached hydrogens (primary N) is 1. The van der Waals surface area contributed by atoms with Crippen molar-refractivity contribution in [3.05, 3.63) is 12.7 Å². The van der Waals surface area contributed by atoms with E-state index in [4.69, 9.17) is 19.5 Å². The molecule has 3 rings (SSSR count). The first-order valence-corrected chi connectivity index (χ1v) is 27.6. The van der Waals surface area contributed by atoms with Gasteiger partial charge in [0.25, 0.3) is 0 Å². The van der Waals surface area contributed by atoms with Gasteiger partial charge in [-0.2, -0.15) is 4.31 Å². The van der Waals surface area contributed by atoms with Crippen LogP contribution in [0.2, 0.25) is 0 Å². The summed E-state index contributed by atoms with van der Waals surface area (Å²) in [6.07, 6.45) is 10.9. The smallest absolute Gasteiger partial charge is 0.386 e. The lowest BCUT2D eigenvalue weighted by Crippen LogP contribution is -2.46. The molecule has 28 heteroatoms. The monoisotopic (exact) mass is 1020 g/mol. The number of ether oxygens (including phenoxy) is 1. The Hall–Kier alpha value is -2.44. The molecule has 378 valence electrons. The standard InChI is InChI=1S/C38H68N7O17P3S/c1-4-5-6-7-8-9-10-11-12-13-14-15-16-17-18-29(47)66-22-21-40-28(46)19-20-41-36(50)33(49)38(2,3)24-59-65(56,57)62-64(54,55)58-23-27-32(61-63(51,52)53)31(48)37(60-27)45-26-44-30-34(39)42-25-43-35(30)45/h25-27,31-33,37,48-49H,4-24H2,1-3H3,(H,40,46)(H,41,50)(H,54,55)(H,56,57)(H2,39,42,43)(H2,51,52,53)/t27-,31-,32-,33+,37?/m1/s1. The molecule has 0 radical (unpaired) electrons. The Kier molecular flexibility index (Phi) is 24.8. The highest BCUT2D eigenvalue weighted by molar-refractivity contribution is 8.13. The molecule has 3 heterocycles. The molecular formula is C38H68N7O17P3S. The number of hydrogen-bond acceptors (Lipinski definition) is 18. The zero-order valence-corrected chi connectivity index (χ0v) is 41.2. The minimum atomic E-state index is -5.57. The number of aliphatic hydroxyl groups excluding tert-OH is 2. The Labute approximate surface area is 388 Å². The van der Waals surface area contributed by atoms with Crippen molar-refractivity contribution >= 4 is 69.1 Å². The van der Waals surface area contributed by atoms with Crippen molar-refractivity contribution in [1.29, 1.82) is 0 Å². The van der Waals surface area contributed by atoms with E-state index in [2.05, 4.69) is 41.3 Å². The van der Waals surface area contributed by atoms with Gasteiger partial charge in [0.15, 0.2) is 22.8 Å². The van der Waals surface area contributed by atoms with Crippen molar-refractivity contribution in [1.82, 2.24) is 30.2 Å². The number of unbranched alkanes of at least 4 members (excludes halogenated alkanes) is 13. The SMILES string of the molecule is CCCCCCCCCCCCCCCCC(=O)SCCNC(=O)CCNC(=O)[C@H](O)C(C)(C)COP(=O)(O)OP(=O)(O)OC[C@H]1OC(n2cnc3c(N)ncnc32)[C@H](O)[C@@H]1OP(=O)(O)O. The summed E-state index contributed by atoms with van der Waals surface area (Å²) in [5, 5.41) is 26.7. The number of fused-ring (bicyclic) bond motifs is 1. The number of imidazole rings is 1. The van der Waals surface area contributed by atoms with Gasteiger partial charge in [0.05, 0.1) is 19.5 Å². The molecule has 1 saturated heterocycles. The van der Waals surface area contributed by atoms with Crippen LogP contribution in [0.25, 0.3) is 11.2 Å². The summed E-state index contributed by atoms with van der Waals surface area (Å²) in [4.78, 5) is 88.3. The van der Waals surface area contributed by atoms with Crippen LogP contribution < -0.4 is 16.4 Å². The molecule has 3 unspecified atom stereocenters. The minimum Gasteiger partial charge on any atom is -0.386 e. The fourth-order valence-corrected chi connectivity index (χ4v) is 10.4. The Morgan fingerprint density at radius 3 is 2.06 bits per heavy atom. The molecule has 0 spiro atoms. The first-order valence-electron chi connectivity index (χ1n) is 22.1. The van der Waals surface area contributed by atoms with Gasteiger partial charge in [-0.15, -0.1) is 0 Å². The number of phosphoric ester groups is 3. The Bertz CT molecular complexity index is 1980. The summed E-state index contributed by atoms with van der Waals surface area (Å²) in [6.45, 7) is 2.82. The number of anilines is 1. The number of nitrogens with one attached hydrogen (secondary N) is 2. The van der Waals surface area contributed by atoms with Crippen LogP contribution in [-0.4, -0.2) is 123 Å². The molecule has 0 aliphatic carbocycles. The van der Waals surface area contributed by atoms with Gasteiger partial charge in [-0.05, 0) is 6.42 Å². The Balaban J connectivity index is 1.31. The molecule has 1 aliphatic heterocycles. The predicted molar refractivity (Wildman–Crippen MR) is 242 cm³/mol. The van der Waals surface area contributed by atoms with Crippen molar-refractivity contribution in [3.63, 3.8) is 0 Å². The number of thioether (sulfide) groups is 1. The third-order valence-electron chi connectivity index (χ3n) is 10.5. The van der Waals surface area contributed by atoms with Gasteiger partial charge in [-0.1, -0.05) is 116 Å². The number of amides is 2. The topological polar surface area (TPSA) is 364 Å². The lowest BCUT2D eigenvalue weighted by molar-refractivity contribution is -0.137. The molecule has 2 aromatic rings. The second kappa shape index (κ2) is 28.3. The number of rotatable bonds is 34. The average molecular weight is 1020 g/mol. The van der Waals surface area contributed by atoms with Crippen molar-refractivity contribution < 1.29 is 80.5 Å². The molecule has 0 aromatic carbocycles. The number of phosphoric acid groups is 3. The van der Waals surface area contributed by atoms with E-state index in [0.717, 1.165) is 48.2 Å². The maximum absolute atomic E-state index is 12.7. The highest BCUT2D eigenvalue weighted by atomic mass is 32.2. The number of carbonyl (C=O) groups excluding carboxylic acids is 3. The second-order valence-corrected chi connectivity index (χ2v) is 22.0. The third kappa shape index (κ3) is 21.1. The summed E-state index contributed by atoms with van der Waals surface area (Å²) >= 11 is 1.16. The van der Waals surface area contributed by atoms with E-state index in [1.165, 1.54) is 84.5 Å². The summed E-state index contributed by atoms with van der Waals surface area (Å²) < 4.78 is 62.4. The number of nitrogens with zero attached hydrogens (tertiary/aromatic N) is 4. The van der Waals surface area contributed by atoms with E-state index in [1.807, 2.05) is 0 Å². The molecule has 0 bridgehead atoms. The largest absolute Gasteiger partial charge is 0.481 e. The first-order chi connectivity index (χ1) is 31.1. The molecule has 0 saturated carbocycles. The summed E-state index contributed by atoms with van der Waals surface area (Å²) in [6, 6.07) is 0. The molecule has 1 aliphatic rings. The van der Waals surface area contributed by atoms with Crippen LogP contribution >= 0.6 is 35.2 Å². The van der Waals surface area contributed by atoms with Crippen LogP contribution in [0, 0.1) is 5.41 Å². The maximum Gasteiger partial charge on any atom is 0.481 e. The summed E-state index contributed by atoms with van der Waals surface area (Å²) in [5.41, 5.74) is 4.29. The minimum absolute atomic E-state index is 0.0339. The van der Waals surface area contributed by atoms with E-state index in [1.54, 1.807) is 0 Å². The lowest BCUT2D eigenvalue weighted by Gasteiger charge is -2.30. The molecule has 1 fully saturated rings. The first kappa shape index (κ1) is 57.9. The van der Waals surface area contributed by atoms with Gasteiger partial charge >= 0.3 is 23.5 Å². The highest BCUT2D eigenvalue weighted by Gasteiger charge is 2.50. The zero-order chi connectivity index (χ0) is 49.0. The average Bonchev–Trinajstić information content (AvgIpc) is 3.80. The van der Waals surface area contributed by atoms with E-state index < -0.39 is 84.6 Å². The van der Waals surface area contributed by atoms with Crippen LogP contribution in [0.3, 0.4) is 0 Å². The Morgan fingerprint density at radius 2 is 1.45 bits per heavy atom. The number of hydrogen-bond donors (Lipinski definition) is 9. The van der Waals surface area contributed by atoms with E-state index in [0.29, 0.717) is 12.2 Å². The predicted octanol–water partition coefficient (Wildman–Crippen LogP) is 4.54. The van der Waals surface area contributed by atoms with Gasteiger partial charge in [0.1, 0.15) is 36.3 Å². The van der Waals surface area contributed by atoms with Gasteiger partial charge in [0.2, 0.25) is 11.8 Å². The van der Waals surface area contributed by atoms with E-state index in [9.17, 15) is 57.9 Å². The Morgan fingerprint density at radius 1 is 0.864 bits per heavy atom. The van der Waals surface area contributed by atoms with Crippen LogP contribution in [0.15, 0.2) is 12.7 Å². The fourth-order valence-electron chi connectivity index (χ4n) is 6.83. The molecule has 10 N–H and O–H groups in total. The van der Waals surface area contributed by atoms with Gasteiger partial charge < -0.3 is 50.9 Å². The van der Waals surface area contributed by atoms with Crippen LogP contribution in [0.5, 0.6) is 0 Å². The maximum atomic E-state index is 12.7. The van der Waals surface area contributed by atoms with Crippen LogP contribution in [0.1, 0.15) is 130 Å². The molecule has 24 nitrogen and oxygen atoms in total. The van der Waals surface area contributed by atoms with Crippen LogP contribution in [0.4, 0.5) is 5.82 Å². The molecule has 66 heavy (non-hydrogen) atoms. The van der Waals surface area contributed by atoms with E-state index >= 15 is 0 Å². The van der Waals surface area contributed by atoms with E-state index in [-0.39, 0.29) is 41.6 Å². The quantitative estimate of drug-likeness (QED) is 0.0343. The molecule has 7 atom stereocenters. The fraction of sp³-hybridized carbons (Fsp3) is 0.789. The number of nitrogen functional groups attached to an aromatic ring is 1.